The Labute approximate surface area is 120 Å². The number of anilines is 1. The van der Waals surface area contributed by atoms with Gasteiger partial charge in [-0.3, -0.25) is 5.43 Å². The number of piperazine rings is 1. The number of hydrogen-bond acceptors (Lipinski definition) is 2. The first kappa shape index (κ1) is 14.2. The van der Waals surface area contributed by atoms with Gasteiger partial charge in [0.25, 0.3) is 0 Å². The molecule has 0 bridgehead atoms. The van der Waals surface area contributed by atoms with Crippen LogP contribution in [0.15, 0.2) is 24.3 Å². The van der Waals surface area contributed by atoms with E-state index < -0.39 is 0 Å². The normalized spacial score (nSPS) is 17.2. The van der Waals surface area contributed by atoms with Gasteiger partial charge < -0.3 is 10.2 Å². The Morgan fingerprint density at radius 2 is 1.89 bits per heavy atom. The fraction of sp³-hybridized carbons (Fsp3) is 0.500. The molecule has 1 aromatic carbocycles. The van der Waals surface area contributed by atoms with Crippen molar-refractivity contribution in [3.63, 3.8) is 0 Å². The Balaban J connectivity index is 1.80. The van der Waals surface area contributed by atoms with E-state index in [1.807, 2.05) is 0 Å². The summed E-state index contributed by atoms with van der Waals surface area (Å²) in [6, 6.07) is 8.40. The van der Waals surface area contributed by atoms with Gasteiger partial charge in [-0.05, 0) is 36.3 Å². The average molecular weight is 279 g/mol. The summed E-state index contributed by atoms with van der Waals surface area (Å²) >= 11 is 5.34. The van der Waals surface area contributed by atoms with Crippen LogP contribution in [0.5, 0.6) is 0 Å². The quantitative estimate of drug-likeness (QED) is 0.694. The molecule has 5 heteroatoms. The molecule has 19 heavy (non-hydrogen) atoms. The molecule has 0 aromatic heterocycles. The number of benzene rings is 1. The van der Waals surface area contributed by atoms with E-state index in [0.717, 1.165) is 38.3 Å². The maximum absolute atomic E-state index is 5.34. The maximum Gasteiger partial charge on any atom is 0.185 e. The highest BCUT2D eigenvalue weighted by molar-refractivity contribution is 7.80. The highest BCUT2D eigenvalue weighted by Gasteiger charge is 2.16. The first-order chi connectivity index (χ1) is 9.17. The minimum absolute atomic E-state index is 0.670. The third-order valence-electron chi connectivity index (χ3n) is 3.50. The van der Waals surface area contributed by atoms with Crippen molar-refractivity contribution in [3.05, 3.63) is 29.8 Å². The Morgan fingerprint density at radius 1 is 1.26 bits per heavy atom. The lowest BCUT2D eigenvalue weighted by Crippen LogP contribution is -3.12. The lowest BCUT2D eigenvalue weighted by molar-refractivity contribution is -0.884. The van der Waals surface area contributed by atoms with Gasteiger partial charge in [-0.15, -0.1) is 0 Å². The number of hydrazine groups is 1. The molecular formula is C14H23N4S+. The van der Waals surface area contributed by atoms with Crippen molar-refractivity contribution in [3.8, 4) is 0 Å². The fourth-order valence-electron chi connectivity index (χ4n) is 2.13. The summed E-state index contributed by atoms with van der Waals surface area (Å²) in [7, 11) is 2.23. The van der Waals surface area contributed by atoms with E-state index in [1.54, 1.807) is 4.90 Å². The molecule has 1 heterocycles. The van der Waals surface area contributed by atoms with Crippen LogP contribution in [-0.2, 0) is 6.42 Å². The number of aryl methyl sites for hydroxylation is 1. The predicted octanol–water partition coefficient (Wildman–Crippen LogP) is 0.281. The molecule has 1 aliphatic heterocycles. The van der Waals surface area contributed by atoms with Crippen molar-refractivity contribution in [1.82, 2.24) is 10.4 Å². The molecule has 0 atom stereocenters. The Bertz CT molecular complexity index is 410. The van der Waals surface area contributed by atoms with E-state index in [2.05, 4.69) is 54.0 Å². The second kappa shape index (κ2) is 6.84. The number of rotatable bonds is 3. The van der Waals surface area contributed by atoms with Crippen LogP contribution >= 0.6 is 12.2 Å². The Morgan fingerprint density at radius 3 is 2.47 bits per heavy atom. The van der Waals surface area contributed by atoms with E-state index in [1.165, 1.54) is 5.56 Å². The lowest BCUT2D eigenvalue weighted by Gasteiger charge is -2.31. The fourth-order valence-corrected chi connectivity index (χ4v) is 2.37. The van der Waals surface area contributed by atoms with Crippen LogP contribution in [0, 0.1) is 0 Å². The number of nitrogens with zero attached hydrogens (tertiary/aromatic N) is 1. The summed E-state index contributed by atoms with van der Waals surface area (Å²) in [5.41, 5.74) is 5.63. The molecule has 1 aromatic rings. The highest BCUT2D eigenvalue weighted by Crippen LogP contribution is 2.09. The van der Waals surface area contributed by atoms with Crippen LogP contribution in [0.2, 0.25) is 0 Å². The zero-order valence-corrected chi connectivity index (χ0v) is 12.5. The lowest BCUT2D eigenvalue weighted by atomic mass is 10.1. The molecular weight excluding hydrogens is 256 g/mol. The van der Waals surface area contributed by atoms with Gasteiger partial charge in [-0.2, -0.15) is 0 Å². The van der Waals surface area contributed by atoms with Gasteiger partial charge in [0.1, 0.15) is 0 Å². The first-order valence-corrected chi connectivity index (χ1v) is 7.31. The second-order valence-electron chi connectivity index (χ2n) is 5.06. The maximum atomic E-state index is 5.34. The number of hydrogen-bond donors (Lipinski definition) is 3. The van der Waals surface area contributed by atoms with Crippen LogP contribution in [0.25, 0.3) is 0 Å². The van der Waals surface area contributed by atoms with E-state index in [4.69, 9.17) is 12.2 Å². The Hall–Kier alpha value is -1.17. The van der Waals surface area contributed by atoms with Crippen LogP contribution < -0.4 is 15.6 Å². The Kier molecular flexibility index (Phi) is 5.13. The van der Waals surface area contributed by atoms with Crippen LogP contribution in [0.3, 0.4) is 0 Å². The minimum Gasteiger partial charge on any atom is -0.335 e. The zero-order chi connectivity index (χ0) is 13.7. The number of thiocarbonyl (C=S) groups is 1. The minimum atomic E-state index is 0.670. The molecule has 4 nitrogen and oxygen atoms in total. The first-order valence-electron chi connectivity index (χ1n) is 6.90. The van der Waals surface area contributed by atoms with E-state index in [0.29, 0.717) is 5.11 Å². The zero-order valence-electron chi connectivity index (χ0n) is 11.7. The van der Waals surface area contributed by atoms with Gasteiger partial charge in [0.2, 0.25) is 0 Å². The molecule has 1 aliphatic rings. The predicted molar refractivity (Wildman–Crippen MR) is 83.4 cm³/mol. The summed E-state index contributed by atoms with van der Waals surface area (Å²) < 4.78 is 0. The second-order valence-corrected chi connectivity index (χ2v) is 5.47. The third-order valence-corrected chi connectivity index (χ3v) is 3.69. The molecule has 0 amide bonds. The van der Waals surface area contributed by atoms with Gasteiger partial charge in [0.05, 0.1) is 33.2 Å². The molecule has 1 fully saturated rings. The molecule has 2 rings (SSSR count). The SMILES string of the molecule is CCc1ccc(NC(=S)NN2CC[NH+](C)CC2)cc1. The third kappa shape index (κ3) is 4.45. The topological polar surface area (TPSA) is 31.7 Å². The van der Waals surface area contributed by atoms with Gasteiger partial charge in [-0.25, -0.2) is 5.01 Å². The van der Waals surface area contributed by atoms with Gasteiger partial charge in [-0.1, -0.05) is 19.1 Å². The number of likely N-dealkylation sites (N-methyl/N-ethyl adjacent to an activating group) is 1. The standard InChI is InChI=1S/C14H22N4S/c1-3-12-4-6-13(7-5-12)15-14(19)16-18-10-8-17(2)9-11-18/h4-7H,3,8-11H2,1-2H3,(H2,15,16,19)/p+1. The van der Waals surface area contributed by atoms with Gasteiger partial charge >= 0.3 is 0 Å². The number of nitrogens with one attached hydrogen (secondary N) is 3. The van der Waals surface area contributed by atoms with E-state index >= 15 is 0 Å². The highest BCUT2D eigenvalue weighted by atomic mass is 32.1. The molecule has 104 valence electrons. The monoisotopic (exact) mass is 279 g/mol. The van der Waals surface area contributed by atoms with Crippen molar-refractivity contribution < 1.29 is 4.90 Å². The molecule has 0 aliphatic carbocycles. The summed E-state index contributed by atoms with van der Waals surface area (Å²) in [6.07, 6.45) is 1.06. The molecule has 1 saturated heterocycles. The molecule has 0 radical (unpaired) electrons. The van der Waals surface area contributed by atoms with Crippen molar-refractivity contribution in [2.75, 3.05) is 38.5 Å². The summed E-state index contributed by atoms with van der Waals surface area (Å²) in [5.74, 6) is 0. The smallest absolute Gasteiger partial charge is 0.185 e. The van der Waals surface area contributed by atoms with Crippen LogP contribution in [-0.4, -0.2) is 43.3 Å². The van der Waals surface area contributed by atoms with Gasteiger partial charge in [0.15, 0.2) is 5.11 Å². The van der Waals surface area contributed by atoms with Crippen LogP contribution in [0.1, 0.15) is 12.5 Å². The van der Waals surface area contributed by atoms with Crippen molar-refractivity contribution in [1.29, 1.82) is 0 Å². The van der Waals surface area contributed by atoms with Crippen molar-refractivity contribution >= 4 is 23.0 Å². The molecule has 0 saturated carbocycles. The number of quaternary nitrogens is 1. The molecule has 0 spiro atoms. The van der Waals surface area contributed by atoms with Gasteiger partial charge in [0, 0.05) is 5.69 Å². The van der Waals surface area contributed by atoms with Crippen molar-refractivity contribution in [2.45, 2.75) is 13.3 Å². The summed E-state index contributed by atoms with van der Waals surface area (Å²) in [6.45, 7) is 6.52. The summed E-state index contributed by atoms with van der Waals surface area (Å²) in [5, 5.41) is 6.08. The molecule has 3 N–H and O–H groups in total. The van der Waals surface area contributed by atoms with E-state index in [-0.39, 0.29) is 0 Å². The van der Waals surface area contributed by atoms with Crippen LogP contribution in [0.4, 0.5) is 5.69 Å². The van der Waals surface area contributed by atoms with Crippen molar-refractivity contribution in [2.24, 2.45) is 0 Å². The average Bonchev–Trinajstić information content (AvgIpc) is 2.42. The molecule has 0 unspecified atom stereocenters. The largest absolute Gasteiger partial charge is 0.335 e. The summed E-state index contributed by atoms with van der Waals surface area (Å²) in [4.78, 5) is 1.58. The van der Waals surface area contributed by atoms with E-state index in [9.17, 15) is 0 Å².